The van der Waals surface area contributed by atoms with Crippen LogP contribution in [0.3, 0.4) is 0 Å². The van der Waals surface area contributed by atoms with Crippen molar-refractivity contribution in [2.45, 2.75) is 12.3 Å². The summed E-state index contributed by atoms with van der Waals surface area (Å²) in [5.41, 5.74) is 1.41. The summed E-state index contributed by atoms with van der Waals surface area (Å²) >= 11 is 4.68. The largest absolute Gasteiger partial charge is 0.312 e. The smallest absolute Gasteiger partial charge is 0.258 e. The molecular weight excluding hydrogens is 428 g/mol. The Morgan fingerprint density at radius 1 is 1.11 bits per heavy atom. The molecule has 1 saturated heterocycles. The molecule has 1 aliphatic rings. The highest BCUT2D eigenvalue weighted by Gasteiger charge is 2.33. The first-order valence-corrected chi connectivity index (χ1v) is 9.97. The molecule has 0 saturated carbocycles. The van der Waals surface area contributed by atoms with E-state index in [-0.39, 0.29) is 17.7 Å². The highest BCUT2D eigenvalue weighted by atomic mass is 79.9. The predicted octanol–water partition coefficient (Wildman–Crippen LogP) is 4.07. The molecule has 8 heteroatoms. The number of rotatable bonds is 4. The molecule has 0 aliphatic carbocycles. The minimum absolute atomic E-state index is 0.0238. The first-order valence-electron chi connectivity index (χ1n) is 8.36. The molecule has 1 fully saturated rings. The second-order valence-corrected chi connectivity index (χ2v) is 7.98. The van der Waals surface area contributed by atoms with Gasteiger partial charge in [-0.2, -0.15) is 0 Å². The van der Waals surface area contributed by atoms with E-state index in [0.29, 0.717) is 28.1 Å². The second kappa shape index (κ2) is 7.58. The number of aromatic nitrogens is 2. The molecule has 1 N–H and O–H groups in total. The first-order chi connectivity index (χ1) is 13.1. The van der Waals surface area contributed by atoms with Crippen LogP contribution in [0.1, 0.15) is 27.7 Å². The van der Waals surface area contributed by atoms with Gasteiger partial charge in [0.1, 0.15) is 5.01 Å². The van der Waals surface area contributed by atoms with Crippen LogP contribution in [0.5, 0.6) is 0 Å². The van der Waals surface area contributed by atoms with Gasteiger partial charge in [0.25, 0.3) is 5.91 Å². The molecule has 2 heterocycles. The topological polar surface area (TPSA) is 75.2 Å². The monoisotopic (exact) mass is 442 g/mol. The van der Waals surface area contributed by atoms with Gasteiger partial charge in [-0.05, 0) is 40.2 Å². The van der Waals surface area contributed by atoms with Gasteiger partial charge < -0.3 is 4.90 Å². The number of hydrogen-bond donors (Lipinski definition) is 1. The summed E-state index contributed by atoms with van der Waals surface area (Å²) in [6.07, 6.45) is 0.391. The number of amides is 2. The van der Waals surface area contributed by atoms with Crippen LogP contribution in [0, 0.1) is 0 Å². The molecule has 6 nitrogen and oxygen atoms in total. The fraction of sp³-hybridized carbons (Fsp3) is 0.158. The summed E-state index contributed by atoms with van der Waals surface area (Å²) in [6, 6.07) is 16.8. The molecular formula is C19H15BrN4O2S. The predicted molar refractivity (Wildman–Crippen MR) is 108 cm³/mol. The van der Waals surface area contributed by atoms with Gasteiger partial charge in [-0.3, -0.25) is 14.9 Å². The van der Waals surface area contributed by atoms with Crippen LogP contribution in [0.25, 0.3) is 0 Å². The van der Waals surface area contributed by atoms with E-state index in [1.807, 2.05) is 42.5 Å². The molecule has 136 valence electrons. The van der Waals surface area contributed by atoms with Gasteiger partial charge in [0.05, 0.1) is 5.56 Å². The number of benzene rings is 2. The zero-order valence-corrected chi connectivity index (χ0v) is 16.5. The van der Waals surface area contributed by atoms with Crippen molar-refractivity contribution in [2.24, 2.45) is 0 Å². The van der Waals surface area contributed by atoms with Gasteiger partial charge >= 0.3 is 0 Å². The number of anilines is 2. The second-order valence-electron chi connectivity index (χ2n) is 6.12. The van der Waals surface area contributed by atoms with Gasteiger partial charge in [0.2, 0.25) is 11.0 Å². The van der Waals surface area contributed by atoms with E-state index in [0.717, 1.165) is 10.7 Å². The fourth-order valence-electron chi connectivity index (χ4n) is 2.99. The average molecular weight is 443 g/mol. The highest BCUT2D eigenvalue weighted by Crippen LogP contribution is 2.34. The fourth-order valence-corrected chi connectivity index (χ4v) is 4.28. The number of carbonyl (C=O) groups excluding carboxylic acids is 2. The van der Waals surface area contributed by atoms with Gasteiger partial charge in [0.15, 0.2) is 0 Å². The summed E-state index contributed by atoms with van der Waals surface area (Å²) in [5, 5.41) is 12.2. The van der Waals surface area contributed by atoms with Crippen molar-refractivity contribution in [1.82, 2.24) is 10.2 Å². The third-order valence-electron chi connectivity index (χ3n) is 4.32. The third-order valence-corrected chi connectivity index (χ3v) is 6.01. The lowest BCUT2D eigenvalue weighted by Crippen LogP contribution is -2.24. The van der Waals surface area contributed by atoms with Gasteiger partial charge in [-0.1, -0.05) is 41.7 Å². The Labute approximate surface area is 168 Å². The van der Waals surface area contributed by atoms with Crippen LogP contribution >= 0.6 is 27.3 Å². The molecule has 0 spiro atoms. The molecule has 3 aromatic rings. The van der Waals surface area contributed by atoms with Crippen LogP contribution in [0.4, 0.5) is 10.8 Å². The number of nitrogens with one attached hydrogen (secondary N) is 1. The number of nitrogens with zero attached hydrogens (tertiary/aromatic N) is 3. The molecule has 1 aromatic heterocycles. The standard InChI is InChI=1S/C19H15BrN4O2S/c20-15-9-5-4-8-14(15)17(26)21-19-23-22-18(27-19)12-10-16(25)24(11-12)13-6-2-1-3-7-13/h1-9,12H,10-11H2,(H,21,23,26). The molecule has 1 atom stereocenters. The maximum absolute atomic E-state index is 12.4. The molecule has 1 aliphatic heterocycles. The normalized spacial score (nSPS) is 16.6. The lowest BCUT2D eigenvalue weighted by atomic mass is 10.1. The van der Waals surface area contributed by atoms with Crippen LogP contribution < -0.4 is 10.2 Å². The van der Waals surface area contributed by atoms with Gasteiger partial charge in [-0.15, -0.1) is 10.2 Å². The van der Waals surface area contributed by atoms with Crippen LogP contribution in [-0.4, -0.2) is 28.6 Å². The minimum atomic E-state index is -0.251. The van der Waals surface area contributed by atoms with E-state index in [9.17, 15) is 9.59 Å². The van der Waals surface area contributed by atoms with Crippen molar-refractivity contribution in [2.75, 3.05) is 16.8 Å². The van der Waals surface area contributed by atoms with Crippen molar-refractivity contribution < 1.29 is 9.59 Å². The summed E-state index contributed by atoms with van der Waals surface area (Å²) in [5.74, 6) is -0.205. The summed E-state index contributed by atoms with van der Waals surface area (Å²) < 4.78 is 0.715. The van der Waals surface area contributed by atoms with E-state index in [1.54, 1.807) is 17.0 Å². The van der Waals surface area contributed by atoms with E-state index >= 15 is 0 Å². The number of halogens is 1. The van der Waals surface area contributed by atoms with Crippen LogP contribution in [0.2, 0.25) is 0 Å². The Hall–Kier alpha value is -2.58. The van der Waals surface area contributed by atoms with E-state index in [4.69, 9.17) is 0 Å². The first kappa shape index (κ1) is 17.8. The van der Waals surface area contributed by atoms with Gasteiger partial charge in [-0.25, -0.2) is 0 Å². The van der Waals surface area contributed by atoms with Crippen LogP contribution in [0.15, 0.2) is 59.1 Å². The molecule has 1 unspecified atom stereocenters. The van der Waals surface area contributed by atoms with Crippen molar-refractivity contribution in [1.29, 1.82) is 0 Å². The third kappa shape index (κ3) is 3.77. The van der Waals surface area contributed by atoms with Crippen molar-refractivity contribution >= 4 is 49.9 Å². The Morgan fingerprint density at radius 3 is 2.63 bits per heavy atom. The summed E-state index contributed by atoms with van der Waals surface area (Å²) in [6.45, 7) is 0.565. The SMILES string of the molecule is O=C(Nc1nnc(C2CC(=O)N(c3ccccc3)C2)s1)c1ccccc1Br. The molecule has 0 bridgehead atoms. The molecule has 27 heavy (non-hydrogen) atoms. The van der Waals surface area contributed by atoms with Crippen molar-refractivity contribution in [3.05, 3.63) is 69.6 Å². The summed E-state index contributed by atoms with van der Waals surface area (Å²) in [7, 11) is 0. The van der Waals surface area contributed by atoms with Crippen LogP contribution in [-0.2, 0) is 4.79 Å². The maximum atomic E-state index is 12.4. The molecule has 4 rings (SSSR count). The highest BCUT2D eigenvalue weighted by molar-refractivity contribution is 9.10. The Morgan fingerprint density at radius 2 is 1.85 bits per heavy atom. The Bertz CT molecular complexity index is 992. The van der Waals surface area contributed by atoms with E-state index < -0.39 is 0 Å². The van der Waals surface area contributed by atoms with E-state index in [2.05, 4.69) is 31.4 Å². The minimum Gasteiger partial charge on any atom is -0.312 e. The average Bonchev–Trinajstić information content (AvgIpc) is 3.29. The number of hydrogen-bond acceptors (Lipinski definition) is 5. The Kier molecular flexibility index (Phi) is 5.00. The maximum Gasteiger partial charge on any atom is 0.258 e. The number of carbonyl (C=O) groups is 2. The lowest BCUT2D eigenvalue weighted by Gasteiger charge is -2.15. The zero-order chi connectivity index (χ0) is 18.8. The molecule has 0 radical (unpaired) electrons. The lowest BCUT2D eigenvalue weighted by molar-refractivity contribution is -0.117. The van der Waals surface area contributed by atoms with Gasteiger partial charge in [0, 0.05) is 29.0 Å². The quantitative estimate of drug-likeness (QED) is 0.660. The zero-order valence-electron chi connectivity index (χ0n) is 14.1. The van der Waals surface area contributed by atoms with Crippen molar-refractivity contribution in [3.8, 4) is 0 Å². The Balaban J connectivity index is 1.46. The van der Waals surface area contributed by atoms with Crippen molar-refractivity contribution in [3.63, 3.8) is 0 Å². The summed E-state index contributed by atoms with van der Waals surface area (Å²) in [4.78, 5) is 26.5. The van der Waals surface area contributed by atoms with E-state index in [1.165, 1.54) is 11.3 Å². The molecule has 2 aromatic carbocycles. The number of para-hydroxylation sites is 1. The molecule has 2 amide bonds.